The molecule has 1 aromatic heterocycles. The molecule has 4 rings (SSSR count). The van der Waals surface area contributed by atoms with Crippen molar-refractivity contribution in [2.24, 2.45) is 0 Å². The fraction of sp³-hybridized carbons (Fsp3) is 0.476. The molecule has 0 unspecified atom stereocenters. The molecule has 1 atom stereocenters. The maximum absolute atomic E-state index is 12.7. The Kier molecular flexibility index (Phi) is 5.71. The van der Waals surface area contributed by atoms with Crippen LogP contribution in [0.25, 0.3) is 0 Å². The zero-order valence-electron chi connectivity index (χ0n) is 16.0. The quantitative estimate of drug-likeness (QED) is 0.807. The highest BCUT2D eigenvalue weighted by Gasteiger charge is 2.26. The zero-order chi connectivity index (χ0) is 19.3. The van der Waals surface area contributed by atoms with E-state index in [-0.39, 0.29) is 24.1 Å². The topological polar surface area (TPSA) is 67.7 Å². The van der Waals surface area contributed by atoms with Gasteiger partial charge in [0.15, 0.2) is 0 Å². The smallest absolute Gasteiger partial charge is 0.269 e. The standard InChI is InChI=1S/C21H26N4O3/c26-20-13-18(23-9-5-2-6-10-23)14-22-25(20)16-21(27)24-11-12-28-19(15-24)17-7-3-1-4-8-17/h1,3-4,7-8,13-14,19H,2,5-6,9-12,15-16H2/t19-/m0/s1. The van der Waals surface area contributed by atoms with Crippen LogP contribution in [0.4, 0.5) is 5.69 Å². The summed E-state index contributed by atoms with van der Waals surface area (Å²) in [4.78, 5) is 29.2. The summed E-state index contributed by atoms with van der Waals surface area (Å²) in [5.41, 5.74) is 1.68. The van der Waals surface area contributed by atoms with Crippen LogP contribution in [0.1, 0.15) is 30.9 Å². The third-order valence-corrected chi connectivity index (χ3v) is 5.45. The summed E-state index contributed by atoms with van der Waals surface area (Å²) in [5, 5.41) is 4.25. The Morgan fingerprint density at radius 2 is 1.89 bits per heavy atom. The number of hydrogen-bond donors (Lipinski definition) is 0. The molecule has 0 N–H and O–H groups in total. The lowest BCUT2D eigenvalue weighted by atomic mass is 10.1. The van der Waals surface area contributed by atoms with Crippen LogP contribution < -0.4 is 10.5 Å². The van der Waals surface area contributed by atoms with Crippen molar-refractivity contribution < 1.29 is 9.53 Å². The Morgan fingerprint density at radius 3 is 2.64 bits per heavy atom. The number of carbonyl (C=O) groups excluding carboxylic acids is 1. The van der Waals surface area contributed by atoms with Crippen LogP contribution in [-0.4, -0.2) is 53.4 Å². The van der Waals surface area contributed by atoms with Gasteiger partial charge in [0.05, 0.1) is 25.0 Å². The van der Waals surface area contributed by atoms with Crippen molar-refractivity contribution >= 4 is 11.6 Å². The summed E-state index contributed by atoms with van der Waals surface area (Å²) in [5.74, 6) is -0.107. The molecule has 2 aliphatic heterocycles. The maximum Gasteiger partial charge on any atom is 0.269 e. The monoisotopic (exact) mass is 382 g/mol. The van der Waals surface area contributed by atoms with E-state index in [9.17, 15) is 9.59 Å². The van der Waals surface area contributed by atoms with Crippen LogP contribution >= 0.6 is 0 Å². The number of morpholine rings is 1. The van der Waals surface area contributed by atoms with Gasteiger partial charge < -0.3 is 14.5 Å². The normalized spacial score (nSPS) is 20.2. The Morgan fingerprint density at radius 1 is 1.11 bits per heavy atom. The van der Waals surface area contributed by atoms with E-state index in [2.05, 4.69) is 10.00 Å². The minimum Gasteiger partial charge on any atom is -0.370 e. The van der Waals surface area contributed by atoms with Crippen molar-refractivity contribution in [1.82, 2.24) is 14.7 Å². The van der Waals surface area contributed by atoms with E-state index in [0.717, 1.165) is 37.2 Å². The molecule has 2 aromatic rings. The zero-order valence-corrected chi connectivity index (χ0v) is 16.0. The van der Waals surface area contributed by atoms with Crippen molar-refractivity contribution in [2.75, 3.05) is 37.7 Å². The Labute approximate surface area is 164 Å². The summed E-state index contributed by atoms with van der Waals surface area (Å²) in [6, 6.07) is 11.5. The number of aromatic nitrogens is 2. The highest BCUT2D eigenvalue weighted by Crippen LogP contribution is 2.22. The van der Waals surface area contributed by atoms with Crippen LogP contribution in [0.5, 0.6) is 0 Å². The highest BCUT2D eigenvalue weighted by atomic mass is 16.5. The second-order valence-corrected chi connectivity index (χ2v) is 7.37. The molecule has 1 aromatic carbocycles. The third-order valence-electron chi connectivity index (χ3n) is 5.45. The average Bonchev–Trinajstić information content (AvgIpc) is 2.76. The van der Waals surface area contributed by atoms with Gasteiger partial charge in [0, 0.05) is 25.7 Å². The van der Waals surface area contributed by atoms with Crippen LogP contribution in [0.3, 0.4) is 0 Å². The maximum atomic E-state index is 12.7. The van der Waals surface area contributed by atoms with Crippen molar-refractivity contribution in [2.45, 2.75) is 31.9 Å². The van der Waals surface area contributed by atoms with Crippen LogP contribution in [0.15, 0.2) is 47.4 Å². The number of hydrogen-bond acceptors (Lipinski definition) is 5. The average molecular weight is 382 g/mol. The Bertz CT molecular complexity index is 861. The van der Waals surface area contributed by atoms with Gasteiger partial charge in [-0.05, 0) is 24.8 Å². The largest absolute Gasteiger partial charge is 0.370 e. The lowest BCUT2D eigenvalue weighted by molar-refractivity contribution is -0.139. The summed E-state index contributed by atoms with van der Waals surface area (Å²) >= 11 is 0. The number of carbonyl (C=O) groups is 1. The van der Waals surface area contributed by atoms with E-state index in [0.29, 0.717) is 19.7 Å². The third kappa shape index (κ3) is 4.25. The molecule has 0 spiro atoms. The highest BCUT2D eigenvalue weighted by molar-refractivity contribution is 5.76. The molecule has 2 aliphatic rings. The predicted molar refractivity (Wildman–Crippen MR) is 106 cm³/mol. The fourth-order valence-corrected chi connectivity index (χ4v) is 3.84. The van der Waals surface area contributed by atoms with Crippen LogP contribution in [-0.2, 0) is 16.1 Å². The number of benzene rings is 1. The minimum atomic E-state index is -0.232. The molecule has 7 nitrogen and oxygen atoms in total. The molecule has 7 heteroatoms. The second-order valence-electron chi connectivity index (χ2n) is 7.37. The number of piperidine rings is 1. The molecule has 1 amide bonds. The van der Waals surface area contributed by atoms with Gasteiger partial charge in [-0.2, -0.15) is 5.10 Å². The second kappa shape index (κ2) is 8.56. The van der Waals surface area contributed by atoms with Crippen LogP contribution in [0, 0.1) is 0 Å². The van der Waals surface area contributed by atoms with E-state index in [1.54, 1.807) is 17.2 Å². The van der Waals surface area contributed by atoms with Gasteiger partial charge in [0.2, 0.25) is 5.91 Å². The van der Waals surface area contributed by atoms with E-state index in [4.69, 9.17) is 4.74 Å². The lowest BCUT2D eigenvalue weighted by Gasteiger charge is -2.33. The summed E-state index contributed by atoms with van der Waals surface area (Å²) < 4.78 is 7.07. The number of rotatable bonds is 4. The van der Waals surface area contributed by atoms with Crippen molar-refractivity contribution in [3.63, 3.8) is 0 Å². The lowest BCUT2D eigenvalue weighted by Crippen LogP contribution is -2.45. The first-order valence-corrected chi connectivity index (χ1v) is 9.97. The molecule has 148 valence electrons. The van der Waals surface area contributed by atoms with Gasteiger partial charge in [0.1, 0.15) is 12.6 Å². The Balaban J connectivity index is 1.41. The molecule has 0 bridgehead atoms. The van der Waals surface area contributed by atoms with E-state index < -0.39 is 0 Å². The molecule has 0 radical (unpaired) electrons. The first-order valence-electron chi connectivity index (χ1n) is 9.97. The summed E-state index contributed by atoms with van der Waals surface area (Å²) in [6.45, 7) is 3.38. The molecule has 28 heavy (non-hydrogen) atoms. The molecule has 2 saturated heterocycles. The van der Waals surface area contributed by atoms with Gasteiger partial charge in [-0.1, -0.05) is 30.3 Å². The first-order chi connectivity index (χ1) is 13.7. The summed E-state index contributed by atoms with van der Waals surface area (Å²) in [7, 11) is 0. The van der Waals surface area contributed by atoms with Crippen molar-refractivity contribution in [1.29, 1.82) is 0 Å². The summed E-state index contributed by atoms with van der Waals surface area (Å²) in [6.07, 6.45) is 5.08. The van der Waals surface area contributed by atoms with Gasteiger partial charge in [0.25, 0.3) is 5.56 Å². The van der Waals surface area contributed by atoms with Gasteiger partial charge in [-0.25, -0.2) is 4.68 Å². The van der Waals surface area contributed by atoms with E-state index >= 15 is 0 Å². The van der Waals surface area contributed by atoms with Crippen molar-refractivity contribution in [3.05, 3.63) is 58.5 Å². The Hall–Kier alpha value is -2.67. The van der Waals surface area contributed by atoms with Crippen LogP contribution in [0.2, 0.25) is 0 Å². The van der Waals surface area contributed by atoms with Gasteiger partial charge >= 0.3 is 0 Å². The number of ether oxygens (including phenoxy) is 1. The van der Waals surface area contributed by atoms with Gasteiger partial charge in [-0.3, -0.25) is 9.59 Å². The molecule has 0 saturated carbocycles. The fourth-order valence-electron chi connectivity index (χ4n) is 3.84. The van der Waals surface area contributed by atoms with E-state index in [1.807, 2.05) is 30.3 Å². The number of amides is 1. The predicted octanol–water partition coefficient (Wildman–Crippen LogP) is 1.83. The molecular formula is C21H26N4O3. The first kappa shape index (κ1) is 18.7. The minimum absolute atomic E-state index is 0.0410. The van der Waals surface area contributed by atoms with E-state index in [1.165, 1.54) is 11.1 Å². The molecule has 2 fully saturated rings. The number of anilines is 1. The SMILES string of the molecule is O=C(Cn1ncc(N2CCCCC2)cc1=O)N1CCO[C@H](c2ccccc2)C1. The molecule has 0 aliphatic carbocycles. The number of nitrogens with zero attached hydrogens (tertiary/aromatic N) is 4. The van der Waals surface area contributed by atoms with Gasteiger partial charge in [-0.15, -0.1) is 0 Å². The molecule has 3 heterocycles. The molecular weight excluding hydrogens is 356 g/mol. The van der Waals surface area contributed by atoms with Crippen molar-refractivity contribution in [3.8, 4) is 0 Å².